The second kappa shape index (κ2) is 8.41. The molecule has 1 N–H and O–H groups in total. The number of rotatable bonds is 5. The molecule has 2 aromatic rings. The van der Waals surface area contributed by atoms with Crippen LogP contribution < -0.4 is 10.2 Å². The van der Waals surface area contributed by atoms with Gasteiger partial charge in [-0.25, -0.2) is 0 Å². The molecule has 0 unspecified atom stereocenters. The molecule has 0 spiro atoms. The number of anilines is 1. The monoisotopic (exact) mass is 361 g/mol. The van der Waals surface area contributed by atoms with Crippen molar-refractivity contribution in [2.45, 2.75) is 13.3 Å². The van der Waals surface area contributed by atoms with Gasteiger partial charge in [0.1, 0.15) is 16.7 Å². The number of nitrogens with one attached hydrogen (secondary N) is 1. The maximum absolute atomic E-state index is 12.6. The number of benzene rings is 2. The van der Waals surface area contributed by atoms with E-state index in [0.29, 0.717) is 11.6 Å². The molecule has 1 amide bonds. The molecule has 0 bridgehead atoms. The smallest absolute Gasteiger partial charge is 0.264 e. The van der Waals surface area contributed by atoms with Crippen LogP contribution in [0.2, 0.25) is 0 Å². The normalized spacial score (nSPS) is 15.2. The summed E-state index contributed by atoms with van der Waals surface area (Å²) in [6, 6.07) is 21.8. The molecule has 130 valence electrons. The van der Waals surface area contributed by atoms with Gasteiger partial charge in [-0.1, -0.05) is 60.3 Å². The maximum atomic E-state index is 12.6. The first-order valence-electron chi connectivity index (χ1n) is 8.36. The predicted molar refractivity (Wildman–Crippen MR) is 106 cm³/mol. The molecule has 1 aliphatic rings. The second-order valence-electron chi connectivity index (χ2n) is 5.83. The molecule has 3 rings (SSSR count). The molecular formula is C21H19N3OS. The van der Waals surface area contributed by atoms with Crippen LogP contribution in [0.3, 0.4) is 0 Å². The summed E-state index contributed by atoms with van der Waals surface area (Å²) in [6.45, 7) is 2.46. The van der Waals surface area contributed by atoms with Crippen LogP contribution in [0.1, 0.15) is 12.5 Å². The largest absolute Gasteiger partial charge is 0.351 e. The highest BCUT2D eigenvalue weighted by atomic mass is 32.2. The fourth-order valence-electron chi connectivity index (χ4n) is 2.72. The van der Waals surface area contributed by atoms with E-state index in [2.05, 4.69) is 11.4 Å². The fourth-order valence-corrected chi connectivity index (χ4v) is 3.72. The molecule has 0 saturated heterocycles. The van der Waals surface area contributed by atoms with Gasteiger partial charge >= 0.3 is 0 Å². The number of thioether (sulfide) groups is 1. The van der Waals surface area contributed by atoms with Gasteiger partial charge in [-0.05, 0) is 36.4 Å². The van der Waals surface area contributed by atoms with Gasteiger partial charge in [0.2, 0.25) is 0 Å². The molecular weight excluding hydrogens is 342 g/mol. The molecule has 1 heterocycles. The van der Waals surface area contributed by atoms with Crippen molar-refractivity contribution in [1.29, 1.82) is 5.26 Å². The van der Waals surface area contributed by atoms with Gasteiger partial charge in [0.15, 0.2) is 0 Å². The third-order valence-corrected chi connectivity index (χ3v) is 5.08. The van der Waals surface area contributed by atoms with Gasteiger partial charge in [-0.15, -0.1) is 0 Å². The zero-order valence-corrected chi connectivity index (χ0v) is 15.3. The minimum atomic E-state index is -0.338. The van der Waals surface area contributed by atoms with Crippen molar-refractivity contribution in [3.8, 4) is 6.07 Å². The summed E-state index contributed by atoms with van der Waals surface area (Å²) < 4.78 is 0. The summed E-state index contributed by atoms with van der Waals surface area (Å²) in [6.07, 6.45) is 0.730. The van der Waals surface area contributed by atoms with Crippen LogP contribution in [0.5, 0.6) is 0 Å². The van der Waals surface area contributed by atoms with Crippen molar-refractivity contribution < 1.29 is 4.79 Å². The number of carbonyl (C=O) groups is 1. The maximum Gasteiger partial charge on any atom is 0.264 e. The molecule has 26 heavy (non-hydrogen) atoms. The second-order valence-corrected chi connectivity index (χ2v) is 6.69. The van der Waals surface area contributed by atoms with Crippen molar-refractivity contribution in [2.75, 3.05) is 11.4 Å². The average molecular weight is 361 g/mol. The van der Waals surface area contributed by atoms with E-state index in [1.165, 1.54) is 11.8 Å². The molecule has 1 aliphatic heterocycles. The number of hydrogen-bond donors (Lipinski definition) is 1. The zero-order chi connectivity index (χ0) is 18.4. The first-order valence-corrected chi connectivity index (χ1v) is 9.24. The van der Waals surface area contributed by atoms with Crippen LogP contribution in [0, 0.1) is 11.3 Å². The number of amides is 1. The number of nitriles is 1. The Morgan fingerprint density at radius 1 is 1.12 bits per heavy atom. The fraction of sp³-hybridized carbons (Fsp3) is 0.143. The molecule has 0 fully saturated rings. The Bertz CT molecular complexity index is 882. The Balaban J connectivity index is 1.76. The molecule has 2 aromatic carbocycles. The van der Waals surface area contributed by atoms with E-state index in [-0.39, 0.29) is 11.5 Å². The Labute approximate surface area is 157 Å². The minimum Gasteiger partial charge on any atom is -0.351 e. The van der Waals surface area contributed by atoms with E-state index in [1.807, 2.05) is 77.9 Å². The van der Waals surface area contributed by atoms with Crippen molar-refractivity contribution in [3.05, 3.63) is 87.9 Å². The van der Waals surface area contributed by atoms with Gasteiger partial charge in [-0.3, -0.25) is 4.79 Å². The number of hydrogen-bond acceptors (Lipinski definition) is 4. The first-order chi connectivity index (χ1) is 12.7. The van der Waals surface area contributed by atoms with Crippen LogP contribution in [-0.2, 0) is 11.2 Å². The lowest BCUT2D eigenvalue weighted by molar-refractivity contribution is -0.117. The highest BCUT2D eigenvalue weighted by molar-refractivity contribution is 8.06. The molecule has 5 heteroatoms. The standard InChI is InChI=1S/C21H19N3OS/c1-16-15-26-21(24(16)18-10-6-3-7-11-18)19(14-22)20(25)23-13-12-17-8-4-2-5-9-17/h2-11,15H,12-13H2,1H3,(H,23,25). The van der Waals surface area contributed by atoms with Gasteiger partial charge in [0.05, 0.1) is 0 Å². The number of carbonyl (C=O) groups excluding carboxylic acids is 1. The Hall–Kier alpha value is -2.97. The van der Waals surface area contributed by atoms with Crippen LogP contribution in [0.4, 0.5) is 5.69 Å². The predicted octanol–water partition coefficient (Wildman–Crippen LogP) is 4.20. The summed E-state index contributed by atoms with van der Waals surface area (Å²) in [5.74, 6) is -0.338. The van der Waals surface area contributed by atoms with Crippen molar-refractivity contribution in [1.82, 2.24) is 5.32 Å². The third kappa shape index (κ3) is 3.98. The molecule has 0 radical (unpaired) electrons. The Kier molecular flexibility index (Phi) is 5.77. The number of allylic oxidation sites excluding steroid dienone is 1. The molecule has 0 aliphatic carbocycles. The van der Waals surface area contributed by atoms with E-state index in [1.54, 1.807) is 0 Å². The third-order valence-electron chi connectivity index (χ3n) is 4.01. The molecule has 0 atom stereocenters. The van der Waals surface area contributed by atoms with Crippen molar-refractivity contribution in [2.24, 2.45) is 0 Å². The summed E-state index contributed by atoms with van der Waals surface area (Å²) in [7, 11) is 0. The Morgan fingerprint density at radius 2 is 1.77 bits per heavy atom. The van der Waals surface area contributed by atoms with Gasteiger partial charge < -0.3 is 10.2 Å². The van der Waals surface area contributed by atoms with E-state index >= 15 is 0 Å². The summed E-state index contributed by atoms with van der Waals surface area (Å²) in [5.41, 5.74) is 3.21. The van der Waals surface area contributed by atoms with Gasteiger partial charge in [0, 0.05) is 17.9 Å². The Morgan fingerprint density at radius 3 is 2.42 bits per heavy atom. The van der Waals surface area contributed by atoms with E-state index < -0.39 is 0 Å². The van der Waals surface area contributed by atoms with E-state index in [0.717, 1.165) is 23.4 Å². The highest BCUT2D eigenvalue weighted by Crippen LogP contribution is 2.39. The topological polar surface area (TPSA) is 56.1 Å². The number of para-hydroxylation sites is 1. The minimum absolute atomic E-state index is 0.139. The lowest BCUT2D eigenvalue weighted by atomic mass is 10.1. The lowest BCUT2D eigenvalue weighted by Crippen LogP contribution is -2.29. The van der Waals surface area contributed by atoms with Crippen LogP contribution in [0.15, 0.2) is 82.4 Å². The summed E-state index contributed by atoms with van der Waals surface area (Å²) >= 11 is 1.40. The van der Waals surface area contributed by atoms with Crippen LogP contribution in [-0.4, -0.2) is 12.5 Å². The van der Waals surface area contributed by atoms with Crippen molar-refractivity contribution >= 4 is 23.4 Å². The van der Waals surface area contributed by atoms with Gasteiger partial charge in [0.25, 0.3) is 5.91 Å². The highest BCUT2D eigenvalue weighted by Gasteiger charge is 2.26. The lowest BCUT2D eigenvalue weighted by Gasteiger charge is -2.22. The molecule has 4 nitrogen and oxygen atoms in total. The van der Waals surface area contributed by atoms with Crippen LogP contribution in [0.25, 0.3) is 0 Å². The van der Waals surface area contributed by atoms with E-state index in [4.69, 9.17) is 0 Å². The summed E-state index contributed by atoms with van der Waals surface area (Å²) in [5, 5.41) is 15.1. The van der Waals surface area contributed by atoms with Crippen LogP contribution >= 0.6 is 11.8 Å². The molecule has 0 aromatic heterocycles. The summed E-state index contributed by atoms with van der Waals surface area (Å²) in [4.78, 5) is 14.5. The first kappa shape index (κ1) is 17.8. The molecule has 0 saturated carbocycles. The number of nitrogens with zero attached hydrogens (tertiary/aromatic N) is 2. The SMILES string of the molecule is CC1=CSC(=C(C#N)C(=O)NCCc2ccccc2)N1c1ccccc1. The zero-order valence-electron chi connectivity index (χ0n) is 14.5. The average Bonchev–Trinajstić information content (AvgIpc) is 3.05. The quantitative estimate of drug-likeness (QED) is 0.641. The van der Waals surface area contributed by atoms with Crippen molar-refractivity contribution in [3.63, 3.8) is 0 Å². The van der Waals surface area contributed by atoms with Gasteiger partial charge in [-0.2, -0.15) is 5.26 Å². The van der Waals surface area contributed by atoms with E-state index in [9.17, 15) is 10.1 Å².